The van der Waals surface area contributed by atoms with Crippen LogP contribution in [0, 0.1) is 6.85 Å². The molecule has 1 atom stereocenters. The first-order chi connectivity index (χ1) is 34.7. The van der Waals surface area contributed by atoms with Gasteiger partial charge in [-0.25, -0.2) is 4.98 Å². The highest BCUT2D eigenvalue weighted by atomic mass is 16.3. The number of fused-ring (bicyclic) bond motifs is 3. The lowest BCUT2D eigenvalue weighted by Crippen LogP contribution is -2.02. The average Bonchev–Trinajstić information content (AvgIpc) is 3.78. The van der Waals surface area contributed by atoms with Gasteiger partial charge in [0.15, 0.2) is 0 Å². The van der Waals surface area contributed by atoms with Crippen LogP contribution in [0.15, 0.2) is 187 Å². The van der Waals surface area contributed by atoms with Crippen LogP contribution in [0.4, 0.5) is 0 Å². The monoisotopic (exact) mass is 851 g/mol. The zero-order valence-electron chi connectivity index (χ0n) is 43.3. The average molecular weight is 852 g/mol. The largest absolute Gasteiger partial charge is 0.437 e. The molecule has 10 rings (SSSR count). The Morgan fingerprint density at radius 1 is 0.492 bits per heavy atom. The van der Waals surface area contributed by atoms with Gasteiger partial charge in [-0.1, -0.05) is 141 Å². The molecular formula is C60H52N4O. The number of hydrogen-bond acceptors (Lipinski definition) is 5. The molecule has 5 heteroatoms. The molecule has 65 heavy (non-hydrogen) atoms. The molecule has 0 N–H and O–H groups in total. The van der Waals surface area contributed by atoms with E-state index in [4.69, 9.17) is 29.0 Å². The number of hydrogen-bond donors (Lipinski definition) is 0. The molecule has 5 nitrogen and oxygen atoms in total. The lowest BCUT2D eigenvalue weighted by atomic mass is 9.91. The zero-order valence-corrected chi connectivity index (χ0v) is 36.3. The van der Waals surface area contributed by atoms with E-state index in [9.17, 15) is 0 Å². The highest BCUT2D eigenvalue weighted by molar-refractivity contribution is 6.08. The number of pyridine rings is 4. The SMILES string of the molecule is [2H]C([2H])([2H])c1ccc2c(n1)oc1c(-c3cc(-c4ccc(C([2H])(C)C([2H])([2H])[2H])cc4)c(CCc4cc(CCc5ccc(-c6ccccc6)nc5)cc(CCc5ccc(-c6ccccc6)nc5)c4)cn3)cccc12. The third-order valence-electron chi connectivity index (χ3n) is 12.2. The van der Waals surface area contributed by atoms with E-state index in [1.54, 1.807) is 18.2 Å². The Morgan fingerprint density at radius 2 is 1.09 bits per heavy atom. The van der Waals surface area contributed by atoms with Crippen molar-refractivity contribution in [2.45, 2.75) is 65.0 Å². The number of aromatic nitrogens is 4. The molecule has 1 unspecified atom stereocenters. The van der Waals surface area contributed by atoms with Crippen LogP contribution in [-0.4, -0.2) is 19.9 Å². The summed E-state index contributed by atoms with van der Waals surface area (Å²) in [6, 6.07) is 54.3. The Balaban J connectivity index is 0.972. The second-order valence-electron chi connectivity index (χ2n) is 16.8. The normalized spacial score (nSPS) is 14.4. The zero-order chi connectivity index (χ0) is 50.0. The Labute approximate surface area is 391 Å². The fraction of sp³-hybridized carbons (Fsp3) is 0.167. The van der Waals surface area contributed by atoms with E-state index in [-0.39, 0.29) is 11.4 Å². The first-order valence-electron chi connectivity index (χ1n) is 25.7. The summed E-state index contributed by atoms with van der Waals surface area (Å²) in [5, 5.41) is 1.50. The fourth-order valence-electron chi connectivity index (χ4n) is 8.71. The van der Waals surface area contributed by atoms with Crippen molar-refractivity contribution in [3.05, 3.63) is 227 Å². The molecule has 0 aliphatic carbocycles. The summed E-state index contributed by atoms with van der Waals surface area (Å²) in [5.74, 6) is -1.80. The number of rotatable bonds is 14. The number of furan rings is 1. The van der Waals surface area contributed by atoms with Crippen LogP contribution in [0.1, 0.15) is 73.9 Å². The van der Waals surface area contributed by atoms with Crippen molar-refractivity contribution in [3.8, 4) is 44.9 Å². The van der Waals surface area contributed by atoms with Crippen LogP contribution in [0.5, 0.6) is 0 Å². The molecule has 0 fully saturated rings. The lowest BCUT2D eigenvalue weighted by Gasteiger charge is -2.15. The molecule has 10 aromatic rings. The van der Waals surface area contributed by atoms with Gasteiger partial charge in [0.05, 0.1) is 17.1 Å². The maximum Gasteiger partial charge on any atom is 0.227 e. The van der Waals surface area contributed by atoms with E-state index in [0.717, 1.165) is 82.3 Å². The van der Waals surface area contributed by atoms with E-state index in [1.165, 1.54) is 40.8 Å². The minimum Gasteiger partial charge on any atom is -0.437 e. The van der Waals surface area contributed by atoms with Gasteiger partial charge in [-0.2, -0.15) is 0 Å². The number of para-hydroxylation sites is 1. The molecule has 5 aromatic carbocycles. The summed E-state index contributed by atoms with van der Waals surface area (Å²) in [6.45, 7) is -3.48. The summed E-state index contributed by atoms with van der Waals surface area (Å²) in [4.78, 5) is 19.0. The number of benzene rings is 5. The second kappa shape index (κ2) is 18.7. The minimum absolute atomic E-state index is 0.0407. The van der Waals surface area contributed by atoms with E-state index in [0.29, 0.717) is 28.6 Å². The molecule has 5 aromatic heterocycles. The van der Waals surface area contributed by atoms with Gasteiger partial charge in [0.2, 0.25) is 5.71 Å². The summed E-state index contributed by atoms with van der Waals surface area (Å²) in [6.07, 6.45) is 10.6. The molecule has 0 aliphatic rings. The van der Waals surface area contributed by atoms with Crippen LogP contribution >= 0.6 is 0 Å². The smallest absolute Gasteiger partial charge is 0.227 e. The molecule has 318 valence electrons. The first-order valence-corrected chi connectivity index (χ1v) is 22.2. The summed E-state index contributed by atoms with van der Waals surface area (Å²) >= 11 is 0. The van der Waals surface area contributed by atoms with Gasteiger partial charge in [0.1, 0.15) is 5.58 Å². The topological polar surface area (TPSA) is 64.7 Å². The molecule has 0 aliphatic heterocycles. The van der Waals surface area contributed by atoms with Crippen LogP contribution in [0.25, 0.3) is 67.0 Å². The van der Waals surface area contributed by atoms with Crippen LogP contribution < -0.4 is 0 Å². The van der Waals surface area contributed by atoms with E-state index in [1.807, 2.05) is 91.4 Å². The Hall–Kier alpha value is -7.50. The predicted molar refractivity (Wildman–Crippen MR) is 267 cm³/mol. The molecule has 0 radical (unpaired) electrons. The number of aryl methyl sites for hydroxylation is 7. The molecule has 0 amide bonds. The van der Waals surface area contributed by atoms with Crippen molar-refractivity contribution in [3.63, 3.8) is 0 Å². The quantitative estimate of drug-likeness (QED) is 0.109. The summed E-state index contributed by atoms with van der Waals surface area (Å²) in [7, 11) is 0. The highest BCUT2D eigenvalue weighted by Crippen LogP contribution is 2.37. The Kier molecular flexibility index (Phi) is 9.77. The van der Waals surface area contributed by atoms with Gasteiger partial charge >= 0.3 is 0 Å². The van der Waals surface area contributed by atoms with Crippen molar-refractivity contribution in [2.75, 3.05) is 0 Å². The maximum absolute atomic E-state index is 8.76. The third kappa shape index (κ3) is 9.42. The van der Waals surface area contributed by atoms with Crippen LogP contribution in [0.3, 0.4) is 0 Å². The highest BCUT2D eigenvalue weighted by Gasteiger charge is 2.17. The van der Waals surface area contributed by atoms with Crippen molar-refractivity contribution in [1.29, 1.82) is 0 Å². The van der Waals surface area contributed by atoms with Crippen LogP contribution in [-0.2, 0) is 38.5 Å². The van der Waals surface area contributed by atoms with Gasteiger partial charge in [-0.15, -0.1) is 0 Å². The van der Waals surface area contributed by atoms with Crippen LogP contribution in [0.2, 0.25) is 0 Å². The van der Waals surface area contributed by atoms with Gasteiger partial charge in [-0.3, -0.25) is 15.0 Å². The summed E-state index contributed by atoms with van der Waals surface area (Å²) < 4.78 is 63.0. The molecule has 5 heterocycles. The minimum atomic E-state index is -2.52. The fourth-order valence-corrected chi connectivity index (χ4v) is 8.71. The molecular weight excluding hydrogens is 793 g/mol. The molecule has 0 bridgehead atoms. The second-order valence-corrected chi connectivity index (χ2v) is 16.8. The first kappa shape index (κ1) is 34.0. The lowest BCUT2D eigenvalue weighted by molar-refractivity contribution is 0.653. The van der Waals surface area contributed by atoms with Gasteiger partial charge in [0.25, 0.3) is 0 Å². The van der Waals surface area contributed by atoms with Crippen molar-refractivity contribution < 1.29 is 14.0 Å². The molecule has 0 spiro atoms. The Morgan fingerprint density at radius 3 is 1.68 bits per heavy atom. The number of nitrogens with zero attached hydrogens (tertiary/aromatic N) is 4. The van der Waals surface area contributed by atoms with E-state index >= 15 is 0 Å². The molecule has 0 saturated heterocycles. The van der Waals surface area contributed by atoms with Crippen molar-refractivity contribution in [2.24, 2.45) is 0 Å². The summed E-state index contributed by atoms with van der Waals surface area (Å²) in [5.41, 5.74) is 15.4. The third-order valence-corrected chi connectivity index (χ3v) is 12.2. The van der Waals surface area contributed by atoms with E-state index in [2.05, 4.69) is 71.7 Å². The molecule has 0 saturated carbocycles. The standard InChI is InChI=1S/C60H52N4O/c1-40(2)47-26-28-48(29-27-47)55-36-58(54-16-10-15-52-53-30-17-41(3)64-60(53)65-59(52)54)63-39-51(55)25-22-46-34-44(20-18-42-23-31-56(61-37-42)49-11-6-4-7-12-49)33-45(35-46)21-19-43-24-32-57(62-38-43)50-13-8-5-9-14-50/h4-17,23-24,26-40H,18-22,25H2,1-3H3/i1D3,3D3,40D. The van der Waals surface area contributed by atoms with E-state index < -0.39 is 19.6 Å². The Bertz CT molecular complexity index is 3390. The van der Waals surface area contributed by atoms with Gasteiger partial charge < -0.3 is 4.42 Å². The van der Waals surface area contributed by atoms with Gasteiger partial charge in [0, 0.05) is 61.3 Å². The van der Waals surface area contributed by atoms with Crippen molar-refractivity contribution >= 4 is 22.1 Å². The predicted octanol–water partition coefficient (Wildman–Crippen LogP) is 14.6. The van der Waals surface area contributed by atoms with Gasteiger partial charge in [-0.05, 0) is 138 Å². The van der Waals surface area contributed by atoms with Crippen molar-refractivity contribution in [1.82, 2.24) is 19.9 Å². The maximum atomic E-state index is 8.76.